The topological polar surface area (TPSA) is 60.9 Å². The number of likely N-dealkylation sites (N-methyl/N-ethyl adjacent to an activating group) is 1. The molecule has 1 aliphatic heterocycles. The Morgan fingerprint density at radius 3 is 2.73 bits per heavy atom. The van der Waals surface area contributed by atoms with Crippen LogP contribution in [0.1, 0.15) is 38.2 Å². The van der Waals surface area contributed by atoms with E-state index in [-0.39, 0.29) is 30.2 Å². The van der Waals surface area contributed by atoms with Crippen LogP contribution in [0.5, 0.6) is 0 Å². The molecular weight excluding hydrogens is 335 g/mol. The molecule has 2 rings (SSSR count). The standard InChI is InChI=1S/C20H29FN2O3/c1-15(9-10-16-6-3-4-8-18(16)21)20(26)23-12-5-7-17(11-13-23)22(2)14-19(24)25/h3-4,6,8,15,17H,5,7,9-14H2,1-2H3,(H,24,25). The monoisotopic (exact) mass is 364 g/mol. The molecule has 1 heterocycles. The minimum absolute atomic E-state index is 0.0255. The smallest absolute Gasteiger partial charge is 0.317 e. The summed E-state index contributed by atoms with van der Waals surface area (Å²) in [7, 11) is 1.83. The van der Waals surface area contributed by atoms with Crippen molar-refractivity contribution in [1.29, 1.82) is 0 Å². The summed E-state index contributed by atoms with van der Waals surface area (Å²) in [5.41, 5.74) is 0.651. The normalized spacial score (nSPS) is 19.2. The fourth-order valence-corrected chi connectivity index (χ4v) is 3.59. The predicted octanol–water partition coefficient (Wildman–Crippen LogP) is 2.79. The van der Waals surface area contributed by atoms with E-state index < -0.39 is 5.97 Å². The molecule has 0 saturated carbocycles. The van der Waals surface area contributed by atoms with Crippen molar-refractivity contribution in [3.63, 3.8) is 0 Å². The number of nitrogens with zero attached hydrogens (tertiary/aromatic N) is 2. The van der Waals surface area contributed by atoms with Gasteiger partial charge in [-0.15, -0.1) is 0 Å². The highest BCUT2D eigenvalue weighted by molar-refractivity contribution is 5.78. The van der Waals surface area contributed by atoms with Crippen molar-refractivity contribution in [3.05, 3.63) is 35.6 Å². The van der Waals surface area contributed by atoms with Crippen molar-refractivity contribution in [2.75, 3.05) is 26.7 Å². The molecule has 1 aromatic carbocycles. The maximum absolute atomic E-state index is 13.7. The average molecular weight is 364 g/mol. The highest BCUT2D eigenvalue weighted by Gasteiger charge is 2.26. The fraction of sp³-hybridized carbons (Fsp3) is 0.600. The molecule has 1 aliphatic rings. The van der Waals surface area contributed by atoms with Crippen LogP contribution in [0.4, 0.5) is 4.39 Å². The Morgan fingerprint density at radius 2 is 2.04 bits per heavy atom. The van der Waals surface area contributed by atoms with Crippen LogP contribution in [0, 0.1) is 11.7 Å². The van der Waals surface area contributed by atoms with Gasteiger partial charge in [-0.2, -0.15) is 0 Å². The van der Waals surface area contributed by atoms with Crippen LogP contribution < -0.4 is 0 Å². The lowest BCUT2D eigenvalue weighted by Gasteiger charge is -2.26. The van der Waals surface area contributed by atoms with E-state index in [1.54, 1.807) is 12.1 Å². The summed E-state index contributed by atoms with van der Waals surface area (Å²) in [4.78, 5) is 27.4. The molecule has 1 N–H and O–H groups in total. The SMILES string of the molecule is CC(CCc1ccccc1F)C(=O)N1CCCC(N(C)CC(=O)O)CC1. The number of rotatable bonds is 7. The Balaban J connectivity index is 1.85. The van der Waals surface area contributed by atoms with Gasteiger partial charge in [0.25, 0.3) is 0 Å². The molecule has 5 nitrogen and oxygen atoms in total. The average Bonchev–Trinajstić information content (AvgIpc) is 2.85. The van der Waals surface area contributed by atoms with Gasteiger partial charge in [-0.3, -0.25) is 14.5 Å². The Kier molecular flexibility index (Phi) is 7.57. The van der Waals surface area contributed by atoms with Crippen molar-refractivity contribution >= 4 is 11.9 Å². The minimum Gasteiger partial charge on any atom is -0.480 e. The van der Waals surface area contributed by atoms with Gasteiger partial charge in [-0.1, -0.05) is 25.1 Å². The molecule has 1 aromatic rings. The van der Waals surface area contributed by atoms with Crippen LogP contribution in [-0.4, -0.2) is 59.5 Å². The maximum atomic E-state index is 13.7. The number of carbonyl (C=O) groups excluding carboxylic acids is 1. The second-order valence-electron chi connectivity index (χ2n) is 7.25. The lowest BCUT2D eigenvalue weighted by atomic mass is 9.99. The molecule has 0 radical (unpaired) electrons. The first-order chi connectivity index (χ1) is 12.4. The van der Waals surface area contributed by atoms with E-state index in [2.05, 4.69) is 0 Å². The van der Waals surface area contributed by atoms with Gasteiger partial charge < -0.3 is 10.0 Å². The Labute approximate surface area is 154 Å². The van der Waals surface area contributed by atoms with Crippen molar-refractivity contribution in [2.45, 2.75) is 45.1 Å². The minimum atomic E-state index is -0.827. The molecule has 0 aliphatic carbocycles. The third kappa shape index (κ3) is 5.80. The van der Waals surface area contributed by atoms with E-state index in [1.807, 2.05) is 29.8 Å². The Bertz CT molecular complexity index is 623. The summed E-state index contributed by atoms with van der Waals surface area (Å²) in [5.74, 6) is -1.08. The molecule has 1 amide bonds. The van der Waals surface area contributed by atoms with Crippen LogP contribution in [0.3, 0.4) is 0 Å². The van der Waals surface area contributed by atoms with Gasteiger partial charge in [0.2, 0.25) is 5.91 Å². The van der Waals surface area contributed by atoms with Crippen molar-refractivity contribution in [3.8, 4) is 0 Å². The van der Waals surface area contributed by atoms with E-state index in [9.17, 15) is 14.0 Å². The van der Waals surface area contributed by atoms with Crippen molar-refractivity contribution in [1.82, 2.24) is 9.80 Å². The van der Waals surface area contributed by atoms with Crippen LogP contribution in [-0.2, 0) is 16.0 Å². The molecule has 144 valence electrons. The summed E-state index contributed by atoms with van der Waals surface area (Å²) >= 11 is 0. The number of carbonyl (C=O) groups is 2. The molecule has 26 heavy (non-hydrogen) atoms. The zero-order valence-electron chi connectivity index (χ0n) is 15.7. The first-order valence-corrected chi connectivity index (χ1v) is 9.32. The third-order valence-corrected chi connectivity index (χ3v) is 5.24. The maximum Gasteiger partial charge on any atom is 0.317 e. The Hall–Kier alpha value is -1.95. The molecule has 1 saturated heterocycles. The van der Waals surface area contributed by atoms with Gasteiger partial charge in [0.05, 0.1) is 6.54 Å². The number of amides is 1. The lowest BCUT2D eigenvalue weighted by molar-refractivity contribution is -0.139. The van der Waals surface area contributed by atoms with Gasteiger partial charge in [-0.25, -0.2) is 4.39 Å². The van der Waals surface area contributed by atoms with Gasteiger partial charge in [0.1, 0.15) is 5.82 Å². The van der Waals surface area contributed by atoms with Gasteiger partial charge in [0.15, 0.2) is 0 Å². The number of aryl methyl sites for hydroxylation is 1. The molecule has 0 bridgehead atoms. The first kappa shape index (κ1) is 20.4. The second kappa shape index (κ2) is 9.67. The fourth-order valence-electron chi connectivity index (χ4n) is 3.59. The summed E-state index contributed by atoms with van der Waals surface area (Å²) in [6, 6.07) is 6.89. The molecule has 2 atom stereocenters. The van der Waals surface area contributed by atoms with E-state index in [1.165, 1.54) is 6.07 Å². The summed E-state index contributed by atoms with van der Waals surface area (Å²) in [6.07, 6.45) is 3.74. The van der Waals surface area contributed by atoms with Crippen LogP contribution >= 0.6 is 0 Å². The lowest BCUT2D eigenvalue weighted by Crippen LogP contribution is -2.38. The zero-order valence-corrected chi connectivity index (χ0v) is 15.7. The number of carboxylic acids is 1. The predicted molar refractivity (Wildman–Crippen MR) is 98.4 cm³/mol. The highest BCUT2D eigenvalue weighted by atomic mass is 19.1. The van der Waals surface area contributed by atoms with Crippen LogP contribution in [0.2, 0.25) is 0 Å². The summed E-state index contributed by atoms with van der Waals surface area (Å²) in [5, 5.41) is 8.94. The number of likely N-dealkylation sites (tertiary alicyclic amines) is 1. The quantitative estimate of drug-likeness (QED) is 0.808. The van der Waals surface area contributed by atoms with Gasteiger partial charge in [0, 0.05) is 25.0 Å². The van der Waals surface area contributed by atoms with Crippen molar-refractivity contribution in [2.24, 2.45) is 5.92 Å². The number of carboxylic acid groups (broad SMARTS) is 1. The molecule has 1 fully saturated rings. The van der Waals surface area contributed by atoms with E-state index >= 15 is 0 Å². The molecular formula is C20H29FN2O3. The van der Waals surface area contributed by atoms with Crippen LogP contribution in [0.15, 0.2) is 24.3 Å². The van der Waals surface area contributed by atoms with E-state index in [0.29, 0.717) is 31.5 Å². The molecule has 6 heteroatoms. The van der Waals surface area contributed by atoms with Gasteiger partial charge >= 0.3 is 5.97 Å². The number of halogens is 1. The molecule has 0 spiro atoms. The third-order valence-electron chi connectivity index (χ3n) is 5.24. The van der Waals surface area contributed by atoms with E-state index in [4.69, 9.17) is 5.11 Å². The highest BCUT2D eigenvalue weighted by Crippen LogP contribution is 2.20. The largest absolute Gasteiger partial charge is 0.480 e. The number of hydrogen-bond acceptors (Lipinski definition) is 3. The molecule has 0 aromatic heterocycles. The number of aliphatic carboxylic acids is 1. The van der Waals surface area contributed by atoms with E-state index in [0.717, 1.165) is 19.3 Å². The first-order valence-electron chi connectivity index (χ1n) is 9.32. The summed E-state index contributed by atoms with van der Waals surface area (Å²) < 4.78 is 13.7. The van der Waals surface area contributed by atoms with Crippen molar-refractivity contribution < 1.29 is 19.1 Å². The van der Waals surface area contributed by atoms with Crippen LogP contribution in [0.25, 0.3) is 0 Å². The Morgan fingerprint density at radius 1 is 1.31 bits per heavy atom. The molecule has 2 unspecified atom stereocenters. The number of benzene rings is 1. The zero-order chi connectivity index (χ0) is 19.1. The van der Waals surface area contributed by atoms with Gasteiger partial charge in [-0.05, 0) is 50.8 Å². The summed E-state index contributed by atoms with van der Waals surface area (Å²) in [6.45, 7) is 3.29. The number of hydrogen-bond donors (Lipinski definition) is 1. The second-order valence-corrected chi connectivity index (χ2v) is 7.25.